The SMILES string of the molecule is N#Cc1cccc(C(=O)N2CCN(CCCNc3nc(-c4ccc(Cl)cc4)c4ccccc4n3)CC2)c1. The molecule has 8 heteroatoms. The van der Waals surface area contributed by atoms with E-state index >= 15 is 0 Å². The summed E-state index contributed by atoms with van der Waals surface area (Å²) in [4.78, 5) is 26.6. The Kier molecular flexibility index (Phi) is 7.59. The summed E-state index contributed by atoms with van der Waals surface area (Å²) < 4.78 is 0. The van der Waals surface area contributed by atoms with Crippen molar-refractivity contribution in [3.63, 3.8) is 0 Å². The number of carbonyl (C=O) groups is 1. The van der Waals surface area contributed by atoms with E-state index in [0.29, 0.717) is 35.2 Å². The van der Waals surface area contributed by atoms with Crippen LogP contribution in [0.2, 0.25) is 5.02 Å². The summed E-state index contributed by atoms with van der Waals surface area (Å²) in [5.41, 5.74) is 3.85. The number of nitrogens with one attached hydrogen (secondary N) is 1. The van der Waals surface area contributed by atoms with Crippen molar-refractivity contribution in [2.45, 2.75) is 6.42 Å². The number of aromatic nitrogens is 2. The van der Waals surface area contributed by atoms with Gasteiger partial charge < -0.3 is 10.2 Å². The summed E-state index contributed by atoms with van der Waals surface area (Å²) in [7, 11) is 0. The Labute approximate surface area is 221 Å². The number of amides is 1. The number of anilines is 1. The molecule has 1 aromatic heterocycles. The lowest BCUT2D eigenvalue weighted by Gasteiger charge is -2.34. The number of benzene rings is 3. The van der Waals surface area contributed by atoms with Crippen molar-refractivity contribution in [1.82, 2.24) is 19.8 Å². The van der Waals surface area contributed by atoms with E-state index < -0.39 is 0 Å². The number of nitriles is 1. The zero-order valence-electron chi connectivity index (χ0n) is 20.4. The van der Waals surface area contributed by atoms with E-state index in [-0.39, 0.29) is 5.91 Å². The predicted molar refractivity (Wildman–Crippen MR) is 147 cm³/mol. The summed E-state index contributed by atoms with van der Waals surface area (Å²) in [6.07, 6.45) is 0.935. The molecule has 1 fully saturated rings. The molecule has 37 heavy (non-hydrogen) atoms. The van der Waals surface area contributed by atoms with Gasteiger partial charge in [-0.2, -0.15) is 5.26 Å². The third-order valence-electron chi connectivity index (χ3n) is 6.55. The van der Waals surface area contributed by atoms with E-state index in [1.54, 1.807) is 24.3 Å². The maximum Gasteiger partial charge on any atom is 0.253 e. The van der Waals surface area contributed by atoms with Gasteiger partial charge in [0.15, 0.2) is 0 Å². The first-order valence-electron chi connectivity index (χ1n) is 12.4. The van der Waals surface area contributed by atoms with Gasteiger partial charge in [-0.1, -0.05) is 48.0 Å². The van der Waals surface area contributed by atoms with E-state index in [9.17, 15) is 4.79 Å². The molecule has 0 unspecified atom stereocenters. The predicted octanol–water partition coefficient (Wildman–Crippen LogP) is 5.08. The maximum atomic E-state index is 12.8. The lowest BCUT2D eigenvalue weighted by molar-refractivity contribution is 0.0637. The Bertz CT molecular complexity index is 1440. The Morgan fingerprint density at radius 2 is 1.76 bits per heavy atom. The van der Waals surface area contributed by atoms with Crippen LogP contribution in [-0.2, 0) is 0 Å². The minimum Gasteiger partial charge on any atom is -0.354 e. The van der Waals surface area contributed by atoms with E-state index in [1.165, 1.54) is 0 Å². The van der Waals surface area contributed by atoms with Crippen LogP contribution in [-0.4, -0.2) is 64.9 Å². The maximum absolute atomic E-state index is 12.8. The smallest absolute Gasteiger partial charge is 0.253 e. The fraction of sp³-hybridized carbons (Fsp3) is 0.241. The topological polar surface area (TPSA) is 85.2 Å². The van der Waals surface area contributed by atoms with Gasteiger partial charge in [0.25, 0.3) is 5.91 Å². The third-order valence-corrected chi connectivity index (χ3v) is 6.81. The number of carbonyl (C=O) groups excluding carboxylic acids is 1. The van der Waals surface area contributed by atoms with Gasteiger partial charge in [0.2, 0.25) is 5.95 Å². The van der Waals surface area contributed by atoms with Crippen LogP contribution in [0.3, 0.4) is 0 Å². The molecule has 1 amide bonds. The molecular formula is C29H27ClN6O. The second-order valence-corrected chi connectivity index (χ2v) is 9.46. The largest absolute Gasteiger partial charge is 0.354 e. The molecule has 2 heterocycles. The van der Waals surface area contributed by atoms with Crippen molar-refractivity contribution >= 4 is 34.4 Å². The number of piperazine rings is 1. The van der Waals surface area contributed by atoms with Crippen molar-refractivity contribution in [2.24, 2.45) is 0 Å². The summed E-state index contributed by atoms with van der Waals surface area (Å²) >= 11 is 6.08. The summed E-state index contributed by atoms with van der Waals surface area (Å²) in [6.45, 7) is 4.70. The van der Waals surface area contributed by atoms with Crippen LogP contribution in [0.15, 0.2) is 72.8 Å². The van der Waals surface area contributed by atoms with E-state index in [1.807, 2.05) is 53.4 Å². The molecule has 1 aliphatic rings. The van der Waals surface area contributed by atoms with Crippen molar-refractivity contribution in [3.05, 3.63) is 88.9 Å². The highest BCUT2D eigenvalue weighted by Gasteiger charge is 2.22. The van der Waals surface area contributed by atoms with E-state index in [0.717, 1.165) is 54.8 Å². The lowest BCUT2D eigenvalue weighted by atomic mass is 10.1. The van der Waals surface area contributed by atoms with Gasteiger partial charge in [-0.05, 0) is 49.4 Å². The van der Waals surface area contributed by atoms with Gasteiger partial charge in [-0.25, -0.2) is 9.97 Å². The van der Waals surface area contributed by atoms with Crippen LogP contribution >= 0.6 is 11.6 Å². The molecule has 0 bridgehead atoms. The van der Waals surface area contributed by atoms with Crippen LogP contribution in [0.4, 0.5) is 5.95 Å². The Hall–Kier alpha value is -3.99. The van der Waals surface area contributed by atoms with Crippen molar-refractivity contribution in [2.75, 3.05) is 44.6 Å². The lowest BCUT2D eigenvalue weighted by Crippen LogP contribution is -2.49. The van der Waals surface area contributed by atoms with Crippen molar-refractivity contribution in [3.8, 4) is 17.3 Å². The Morgan fingerprint density at radius 1 is 0.973 bits per heavy atom. The van der Waals surface area contributed by atoms with Gasteiger partial charge in [0.05, 0.1) is 22.8 Å². The molecule has 0 aliphatic carbocycles. The number of nitrogens with zero attached hydrogens (tertiary/aromatic N) is 5. The first-order chi connectivity index (χ1) is 18.1. The van der Waals surface area contributed by atoms with Gasteiger partial charge in [-0.3, -0.25) is 9.69 Å². The zero-order chi connectivity index (χ0) is 25.6. The number of rotatable bonds is 7. The van der Waals surface area contributed by atoms with E-state index in [4.69, 9.17) is 26.8 Å². The van der Waals surface area contributed by atoms with Crippen LogP contribution in [0.1, 0.15) is 22.3 Å². The first kappa shape index (κ1) is 24.7. The standard InChI is InChI=1S/C29H27ClN6O/c30-24-11-9-22(10-12-24)27-25-7-1-2-8-26(25)33-29(34-27)32-13-4-14-35-15-17-36(18-16-35)28(37)23-6-3-5-21(19-23)20-31/h1-3,5-12,19H,4,13-18H2,(H,32,33,34). The average molecular weight is 511 g/mol. The van der Waals surface area contributed by atoms with Crippen LogP contribution in [0, 0.1) is 11.3 Å². The highest BCUT2D eigenvalue weighted by atomic mass is 35.5. The average Bonchev–Trinajstić information content (AvgIpc) is 2.95. The zero-order valence-corrected chi connectivity index (χ0v) is 21.2. The monoisotopic (exact) mass is 510 g/mol. The number of fused-ring (bicyclic) bond motifs is 1. The minimum absolute atomic E-state index is 0.0108. The second-order valence-electron chi connectivity index (χ2n) is 9.03. The fourth-order valence-electron chi connectivity index (χ4n) is 4.57. The molecule has 0 spiro atoms. The van der Waals surface area contributed by atoms with Crippen LogP contribution < -0.4 is 5.32 Å². The molecular weight excluding hydrogens is 484 g/mol. The molecule has 0 radical (unpaired) electrons. The molecule has 7 nitrogen and oxygen atoms in total. The number of hydrogen-bond donors (Lipinski definition) is 1. The van der Waals surface area contributed by atoms with Gasteiger partial charge in [-0.15, -0.1) is 0 Å². The fourth-order valence-corrected chi connectivity index (χ4v) is 4.69. The number of para-hydroxylation sites is 1. The molecule has 4 aromatic rings. The summed E-state index contributed by atoms with van der Waals surface area (Å²) in [6, 6.07) is 24.7. The highest BCUT2D eigenvalue weighted by molar-refractivity contribution is 6.30. The summed E-state index contributed by atoms with van der Waals surface area (Å²) in [5.74, 6) is 0.599. The van der Waals surface area contributed by atoms with Crippen molar-refractivity contribution < 1.29 is 4.79 Å². The van der Waals surface area contributed by atoms with Crippen molar-refractivity contribution in [1.29, 1.82) is 5.26 Å². The first-order valence-corrected chi connectivity index (χ1v) is 12.8. The quantitative estimate of drug-likeness (QED) is 0.349. The second kappa shape index (κ2) is 11.4. The molecule has 1 saturated heterocycles. The minimum atomic E-state index is -0.0108. The molecule has 0 saturated carbocycles. The molecule has 1 N–H and O–H groups in total. The molecule has 0 atom stereocenters. The molecule has 1 aliphatic heterocycles. The molecule has 5 rings (SSSR count). The van der Waals surface area contributed by atoms with Gasteiger partial charge >= 0.3 is 0 Å². The third kappa shape index (κ3) is 5.88. The highest BCUT2D eigenvalue weighted by Crippen LogP contribution is 2.28. The normalized spacial score (nSPS) is 13.9. The van der Waals surface area contributed by atoms with Gasteiger partial charge in [0, 0.05) is 54.3 Å². The van der Waals surface area contributed by atoms with E-state index in [2.05, 4.69) is 16.3 Å². The van der Waals surface area contributed by atoms with Gasteiger partial charge in [0.1, 0.15) is 0 Å². The molecule has 186 valence electrons. The Morgan fingerprint density at radius 3 is 2.54 bits per heavy atom. The van der Waals surface area contributed by atoms with Crippen LogP contribution in [0.25, 0.3) is 22.2 Å². The van der Waals surface area contributed by atoms with Crippen LogP contribution in [0.5, 0.6) is 0 Å². The Balaban J connectivity index is 1.14. The molecule has 3 aromatic carbocycles. The number of halogens is 1. The number of hydrogen-bond acceptors (Lipinski definition) is 6. The summed E-state index contributed by atoms with van der Waals surface area (Å²) in [5, 5.41) is 14.2.